The zero-order valence-electron chi connectivity index (χ0n) is 13.1. The Kier molecular flexibility index (Phi) is 4.83. The molecule has 2 aromatic heterocycles. The Labute approximate surface area is 144 Å². The third-order valence-corrected chi connectivity index (χ3v) is 3.20. The van der Waals surface area contributed by atoms with E-state index in [9.17, 15) is 4.79 Å². The predicted molar refractivity (Wildman–Crippen MR) is 95.6 cm³/mol. The Bertz CT molecular complexity index is 903. The van der Waals surface area contributed by atoms with Crippen LogP contribution in [0.2, 0.25) is 0 Å². The number of nitriles is 1. The number of hydrogen-bond donors (Lipinski definition) is 3. The van der Waals surface area contributed by atoms with Gasteiger partial charge in [-0.15, -0.1) is 0 Å². The first kappa shape index (κ1) is 16.0. The lowest BCUT2D eigenvalue weighted by atomic mass is 10.2. The van der Waals surface area contributed by atoms with E-state index in [0.29, 0.717) is 22.8 Å². The minimum absolute atomic E-state index is 0.360. The molecule has 7 nitrogen and oxygen atoms in total. The number of anilines is 4. The van der Waals surface area contributed by atoms with Crippen LogP contribution in [-0.4, -0.2) is 16.0 Å². The number of amides is 2. The first-order chi connectivity index (χ1) is 12.2. The van der Waals surface area contributed by atoms with E-state index in [-0.39, 0.29) is 6.03 Å². The summed E-state index contributed by atoms with van der Waals surface area (Å²) in [6, 6.07) is 15.8. The third kappa shape index (κ3) is 4.53. The van der Waals surface area contributed by atoms with Crippen LogP contribution in [0.25, 0.3) is 0 Å². The lowest BCUT2D eigenvalue weighted by Crippen LogP contribution is -2.19. The summed E-state index contributed by atoms with van der Waals surface area (Å²) in [4.78, 5) is 20.1. The highest BCUT2D eigenvalue weighted by molar-refractivity contribution is 5.99. The maximum atomic E-state index is 12.0. The molecule has 0 bridgehead atoms. The van der Waals surface area contributed by atoms with E-state index < -0.39 is 0 Å². The van der Waals surface area contributed by atoms with Gasteiger partial charge >= 0.3 is 6.03 Å². The molecule has 1 aromatic carbocycles. The van der Waals surface area contributed by atoms with E-state index in [2.05, 4.69) is 25.9 Å². The van der Waals surface area contributed by atoms with Gasteiger partial charge < -0.3 is 16.0 Å². The van der Waals surface area contributed by atoms with Crippen molar-refractivity contribution in [2.45, 2.75) is 0 Å². The number of urea groups is 1. The molecule has 0 saturated heterocycles. The van der Waals surface area contributed by atoms with Crippen LogP contribution < -0.4 is 16.0 Å². The van der Waals surface area contributed by atoms with E-state index in [0.717, 1.165) is 5.69 Å². The fraction of sp³-hybridized carbons (Fsp3) is 0. The molecule has 3 aromatic rings. The van der Waals surface area contributed by atoms with Crippen LogP contribution in [0.5, 0.6) is 0 Å². The van der Waals surface area contributed by atoms with Gasteiger partial charge in [0.05, 0.1) is 17.4 Å². The minimum atomic E-state index is -0.360. The van der Waals surface area contributed by atoms with E-state index in [4.69, 9.17) is 5.26 Å². The topological polar surface area (TPSA) is 103 Å². The number of nitrogens with zero attached hydrogens (tertiary/aromatic N) is 3. The number of carbonyl (C=O) groups is 1. The van der Waals surface area contributed by atoms with E-state index in [1.54, 1.807) is 48.8 Å². The summed E-state index contributed by atoms with van der Waals surface area (Å²) in [6.07, 6.45) is 4.69. The quantitative estimate of drug-likeness (QED) is 0.676. The molecule has 3 N–H and O–H groups in total. The summed E-state index contributed by atoms with van der Waals surface area (Å²) in [6.45, 7) is 0. The highest BCUT2D eigenvalue weighted by Crippen LogP contribution is 2.19. The van der Waals surface area contributed by atoms with Crippen LogP contribution in [0.4, 0.5) is 27.7 Å². The third-order valence-electron chi connectivity index (χ3n) is 3.20. The molecular formula is C18H14N6O. The number of pyridine rings is 2. The molecule has 2 amide bonds. The van der Waals surface area contributed by atoms with Gasteiger partial charge in [0, 0.05) is 23.8 Å². The molecule has 0 spiro atoms. The number of rotatable bonds is 4. The Morgan fingerprint density at radius 3 is 2.48 bits per heavy atom. The molecule has 0 unspecified atom stereocenters. The van der Waals surface area contributed by atoms with Gasteiger partial charge in [-0.25, -0.2) is 9.78 Å². The maximum absolute atomic E-state index is 12.0. The van der Waals surface area contributed by atoms with Crippen molar-refractivity contribution in [3.63, 3.8) is 0 Å². The molecule has 3 rings (SSSR count). The molecule has 0 aliphatic heterocycles. The van der Waals surface area contributed by atoms with Crippen molar-refractivity contribution in [1.29, 1.82) is 5.26 Å². The number of hydrogen-bond acceptors (Lipinski definition) is 5. The van der Waals surface area contributed by atoms with Crippen molar-refractivity contribution >= 4 is 28.9 Å². The van der Waals surface area contributed by atoms with E-state index >= 15 is 0 Å². The summed E-state index contributed by atoms with van der Waals surface area (Å²) in [5.41, 5.74) is 2.49. The summed E-state index contributed by atoms with van der Waals surface area (Å²) in [5.74, 6) is 0.607. The van der Waals surface area contributed by atoms with Crippen LogP contribution in [-0.2, 0) is 0 Å². The van der Waals surface area contributed by atoms with Crippen molar-refractivity contribution in [3.8, 4) is 6.07 Å². The molecule has 7 heteroatoms. The van der Waals surface area contributed by atoms with Crippen LogP contribution in [0.1, 0.15) is 5.56 Å². The molecule has 0 atom stereocenters. The second-order valence-corrected chi connectivity index (χ2v) is 5.07. The first-order valence-electron chi connectivity index (χ1n) is 7.44. The van der Waals surface area contributed by atoms with Gasteiger partial charge in [0.2, 0.25) is 0 Å². The van der Waals surface area contributed by atoms with E-state index in [1.165, 1.54) is 6.20 Å². The lowest BCUT2D eigenvalue weighted by Gasteiger charge is -2.10. The second kappa shape index (κ2) is 7.57. The van der Waals surface area contributed by atoms with Gasteiger partial charge in [-0.2, -0.15) is 5.26 Å². The smallest absolute Gasteiger partial charge is 0.323 e. The zero-order chi connectivity index (χ0) is 17.5. The zero-order valence-corrected chi connectivity index (χ0v) is 13.1. The lowest BCUT2D eigenvalue weighted by molar-refractivity contribution is 0.262. The molecule has 0 aliphatic carbocycles. The maximum Gasteiger partial charge on any atom is 0.323 e. The normalized spacial score (nSPS) is 9.72. The van der Waals surface area contributed by atoms with Gasteiger partial charge in [-0.05, 0) is 42.5 Å². The number of benzene rings is 1. The monoisotopic (exact) mass is 330 g/mol. The Hall–Kier alpha value is -3.92. The molecule has 0 fully saturated rings. The highest BCUT2D eigenvalue weighted by Gasteiger charge is 2.04. The van der Waals surface area contributed by atoms with E-state index in [1.807, 2.05) is 18.2 Å². The second-order valence-electron chi connectivity index (χ2n) is 5.07. The highest BCUT2D eigenvalue weighted by atomic mass is 16.2. The summed E-state index contributed by atoms with van der Waals surface area (Å²) < 4.78 is 0. The SMILES string of the molecule is N#Cc1ccc(Nc2cccc(NC(=O)Nc3cccnc3)c2)nc1. The largest absolute Gasteiger partial charge is 0.340 e. The van der Waals surface area contributed by atoms with Crippen molar-refractivity contribution in [1.82, 2.24) is 9.97 Å². The van der Waals surface area contributed by atoms with Gasteiger partial charge in [-0.1, -0.05) is 6.07 Å². The minimum Gasteiger partial charge on any atom is -0.340 e. The fourth-order valence-corrected chi connectivity index (χ4v) is 2.09. The average Bonchev–Trinajstić information content (AvgIpc) is 2.63. The molecule has 122 valence electrons. The van der Waals surface area contributed by atoms with Gasteiger partial charge in [0.15, 0.2) is 0 Å². The van der Waals surface area contributed by atoms with Crippen molar-refractivity contribution < 1.29 is 4.79 Å². The number of aromatic nitrogens is 2. The molecular weight excluding hydrogens is 316 g/mol. The first-order valence-corrected chi connectivity index (χ1v) is 7.44. The standard InChI is InChI=1S/C18H14N6O/c19-10-13-6-7-17(21-11-13)22-14-3-1-4-15(9-14)23-18(25)24-16-5-2-8-20-12-16/h1-9,11-12H,(H,21,22)(H2,23,24,25). The van der Waals surface area contributed by atoms with Crippen LogP contribution >= 0.6 is 0 Å². The van der Waals surface area contributed by atoms with Gasteiger partial charge in [0.25, 0.3) is 0 Å². The average molecular weight is 330 g/mol. The van der Waals surface area contributed by atoms with Crippen molar-refractivity contribution in [2.75, 3.05) is 16.0 Å². The Morgan fingerprint density at radius 2 is 1.76 bits per heavy atom. The molecule has 0 saturated carbocycles. The number of nitrogens with one attached hydrogen (secondary N) is 3. The van der Waals surface area contributed by atoms with Gasteiger partial charge in [-0.3, -0.25) is 4.98 Å². The molecule has 2 heterocycles. The summed E-state index contributed by atoms with van der Waals surface area (Å²) in [5, 5.41) is 17.3. The van der Waals surface area contributed by atoms with Gasteiger partial charge in [0.1, 0.15) is 11.9 Å². The Balaban J connectivity index is 1.64. The number of carbonyl (C=O) groups excluding carboxylic acids is 1. The molecule has 0 aliphatic rings. The van der Waals surface area contributed by atoms with Crippen molar-refractivity contribution in [3.05, 3.63) is 72.7 Å². The van der Waals surface area contributed by atoms with Crippen LogP contribution in [0, 0.1) is 11.3 Å². The fourth-order valence-electron chi connectivity index (χ4n) is 2.09. The Morgan fingerprint density at radius 1 is 0.960 bits per heavy atom. The molecule has 0 radical (unpaired) electrons. The van der Waals surface area contributed by atoms with Crippen LogP contribution in [0.3, 0.4) is 0 Å². The molecule has 25 heavy (non-hydrogen) atoms. The predicted octanol–water partition coefficient (Wildman–Crippen LogP) is 3.74. The summed E-state index contributed by atoms with van der Waals surface area (Å²) in [7, 11) is 0. The van der Waals surface area contributed by atoms with Crippen molar-refractivity contribution in [2.24, 2.45) is 0 Å². The van der Waals surface area contributed by atoms with Crippen LogP contribution in [0.15, 0.2) is 67.1 Å². The summed E-state index contributed by atoms with van der Waals surface area (Å²) >= 11 is 0.